The Bertz CT molecular complexity index is 389. The number of aliphatic hydroxyl groups is 1. The maximum atomic E-state index is 10.4. The summed E-state index contributed by atoms with van der Waals surface area (Å²) in [5.74, 6) is 0.227. The van der Waals surface area contributed by atoms with Crippen LogP contribution in [0.2, 0.25) is 0 Å². The van der Waals surface area contributed by atoms with E-state index in [2.05, 4.69) is 45.0 Å². The molecule has 1 aliphatic heterocycles. The SMILES string of the molecule is CC1OCCC1C(O)c1ccc(C(C)(C)C)cc1. The molecule has 2 nitrogen and oxygen atoms in total. The van der Waals surface area contributed by atoms with Gasteiger partial charge in [-0.05, 0) is 29.9 Å². The van der Waals surface area contributed by atoms with Crippen molar-refractivity contribution < 1.29 is 9.84 Å². The summed E-state index contributed by atoms with van der Waals surface area (Å²) in [4.78, 5) is 0. The molecular weight excluding hydrogens is 224 g/mol. The number of rotatable bonds is 2. The standard InChI is InChI=1S/C16H24O2/c1-11-14(9-10-18-11)15(17)12-5-7-13(8-6-12)16(2,3)4/h5-8,11,14-15,17H,9-10H2,1-4H3. The molecular formula is C16H24O2. The summed E-state index contributed by atoms with van der Waals surface area (Å²) in [6.07, 6.45) is 0.697. The van der Waals surface area contributed by atoms with E-state index in [-0.39, 0.29) is 17.4 Å². The van der Waals surface area contributed by atoms with Gasteiger partial charge in [-0.3, -0.25) is 0 Å². The molecule has 3 atom stereocenters. The molecule has 1 saturated heterocycles. The van der Waals surface area contributed by atoms with Crippen molar-refractivity contribution in [3.05, 3.63) is 35.4 Å². The highest BCUT2D eigenvalue weighted by Gasteiger charge is 2.31. The molecule has 3 unspecified atom stereocenters. The first-order chi connectivity index (χ1) is 8.39. The molecule has 1 aromatic carbocycles. The lowest BCUT2D eigenvalue weighted by Gasteiger charge is -2.23. The number of aliphatic hydroxyl groups excluding tert-OH is 1. The fourth-order valence-corrected chi connectivity index (χ4v) is 2.59. The molecule has 2 heteroatoms. The van der Waals surface area contributed by atoms with Gasteiger partial charge in [0.15, 0.2) is 0 Å². The average molecular weight is 248 g/mol. The second kappa shape index (κ2) is 5.02. The van der Waals surface area contributed by atoms with Gasteiger partial charge < -0.3 is 9.84 Å². The quantitative estimate of drug-likeness (QED) is 0.868. The summed E-state index contributed by atoms with van der Waals surface area (Å²) >= 11 is 0. The lowest BCUT2D eigenvalue weighted by Crippen LogP contribution is -2.20. The first-order valence-corrected chi connectivity index (χ1v) is 6.79. The smallest absolute Gasteiger partial charge is 0.0843 e. The van der Waals surface area contributed by atoms with Gasteiger partial charge in [0.2, 0.25) is 0 Å². The van der Waals surface area contributed by atoms with Crippen LogP contribution in [0, 0.1) is 5.92 Å². The number of hydrogen-bond acceptors (Lipinski definition) is 2. The van der Waals surface area contributed by atoms with E-state index < -0.39 is 6.10 Å². The maximum Gasteiger partial charge on any atom is 0.0843 e. The van der Waals surface area contributed by atoms with Gasteiger partial charge >= 0.3 is 0 Å². The molecule has 1 aromatic rings. The van der Waals surface area contributed by atoms with Crippen molar-refractivity contribution in [2.45, 2.75) is 51.7 Å². The first kappa shape index (κ1) is 13.6. The van der Waals surface area contributed by atoms with Crippen molar-refractivity contribution in [1.29, 1.82) is 0 Å². The first-order valence-electron chi connectivity index (χ1n) is 6.79. The summed E-state index contributed by atoms with van der Waals surface area (Å²) < 4.78 is 5.53. The molecule has 0 spiro atoms. The van der Waals surface area contributed by atoms with Crippen LogP contribution in [0.4, 0.5) is 0 Å². The monoisotopic (exact) mass is 248 g/mol. The lowest BCUT2D eigenvalue weighted by atomic mass is 9.85. The van der Waals surface area contributed by atoms with E-state index in [9.17, 15) is 5.11 Å². The van der Waals surface area contributed by atoms with E-state index in [1.54, 1.807) is 0 Å². The highest BCUT2D eigenvalue weighted by atomic mass is 16.5. The topological polar surface area (TPSA) is 29.5 Å². The zero-order chi connectivity index (χ0) is 13.3. The fourth-order valence-electron chi connectivity index (χ4n) is 2.59. The van der Waals surface area contributed by atoms with Crippen LogP contribution in [0.15, 0.2) is 24.3 Å². The van der Waals surface area contributed by atoms with E-state index >= 15 is 0 Å². The zero-order valence-electron chi connectivity index (χ0n) is 11.8. The molecule has 18 heavy (non-hydrogen) atoms. The Morgan fingerprint density at radius 1 is 1.22 bits per heavy atom. The van der Waals surface area contributed by atoms with Crippen LogP contribution in [0.1, 0.15) is 51.3 Å². The van der Waals surface area contributed by atoms with Crippen molar-refractivity contribution in [1.82, 2.24) is 0 Å². The molecule has 0 saturated carbocycles. The Morgan fingerprint density at radius 3 is 2.28 bits per heavy atom. The van der Waals surface area contributed by atoms with Gasteiger partial charge in [0, 0.05) is 12.5 Å². The highest BCUT2D eigenvalue weighted by molar-refractivity contribution is 5.29. The van der Waals surface area contributed by atoms with Gasteiger partial charge in [-0.2, -0.15) is 0 Å². The van der Waals surface area contributed by atoms with Gasteiger partial charge in [0.25, 0.3) is 0 Å². The normalized spacial score (nSPS) is 26.3. The van der Waals surface area contributed by atoms with Gasteiger partial charge in [0.1, 0.15) is 0 Å². The van der Waals surface area contributed by atoms with Crippen LogP contribution < -0.4 is 0 Å². The van der Waals surface area contributed by atoms with E-state index in [1.807, 2.05) is 6.92 Å². The largest absolute Gasteiger partial charge is 0.388 e. The Hall–Kier alpha value is -0.860. The van der Waals surface area contributed by atoms with Gasteiger partial charge in [-0.25, -0.2) is 0 Å². The Balaban J connectivity index is 2.14. The molecule has 0 aromatic heterocycles. The number of benzene rings is 1. The minimum atomic E-state index is -0.406. The van der Waals surface area contributed by atoms with Gasteiger partial charge in [-0.1, -0.05) is 45.0 Å². The van der Waals surface area contributed by atoms with Crippen molar-refractivity contribution in [3.63, 3.8) is 0 Å². The van der Waals surface area contributed by atoms with Crippen LogP contribution in [0.3, 0.4) is 0 Å². The van der Waals surface area contributed by atoms with E-state index in [4.69, 9.17) is 4.74 Å². The summed E-state index contributed by atoms with van der Waals surface area (Å²) in [6, 6.07) is 8.35. The number of hydrogen-bond donors (Lipinski definition) is 1. The lowest BCUT2D eigenvalue weighted by molar-refractivity contribution is 0.0431. The van der Waals surface area contributed by atoms with E-state index in [0.29, 0.717) is 0 Å². The van der Waals surface area contributed by atoms with Crippen molar-refractivity contribution >= 4 is 0 Å². The molecule has 1 fully saturated rings. The fraction of sp³-hybridized carbons (Fsp3) is 0.625. The minimum Gasteiger partial charge on any atom is -0.388 e. The van der Waals surface area contributed by atoms with Crippen molar-refractivity contribution in [2.24, 2.45) is 5.92 Å². The second-order valence-corrected chi connectivity index (χ2v) is 6.35. The summed E-state index contributed by atoms with van der Waals surface area (Å²) in [7, 11) is 0. The third-order valence-corrected chi connectivity index (χ3v) is 3.96. The predicted molar refractivity (Wildman–Crippen MR) is 73.6 cm³/mol. The number of ether oxygens (including phenoxy) is 1. The average Bonchev–Trinajstić information content (AvgIpc) is 2.73. The third-order valence-electron chi connectivity index (χ3n) is 3.96. The minimum absolute atomic E-state index is 0.155. The Kier molecular flexibility index (Phi) is 3.79. The molecule has 1 heterocycles. The van der Waals surface area contributed by atoms with E-state index in [0.717, 1.165) is 18.6 Å². The molecule has 1 N–H and O–H groups in total. The van der Waals surface area contributed by atoms with Crippen molar-refractivity contribution in [3.8, 4) is 0 Å². The molecule has 2 rings (SSSR count). The third kappa shape index (κ3) is 2.76. The molecule has 0 bridgehead atoms. The molecule has 0 radical (unpaired) electrons. The maximum absolute atomic E-state index is 10.4. The van der Waals surface area contributed by atoms with Crippen LogP contribution >= 0.6 is 0 Å². The predicted octanol–water partition coefficient (Wildman–Crippen LogP) is 3.44. The Labute approximate surface area is 110 Å². The summed E-state index contributed by atoms with van der Waals surface area (Å²) in [6.45, 7) is 9.41. The molecule has 100 valence electrons. The van der Waals surface area contributed by atoms with E-state index in [1.165, 1.54) is 5.56 Å². The van der Waals surface area contributed by atoms with Crippen LogP contribution in [-0.2, 0) is 10.2 Å². The molecule has 0 amide bonds. The van der Waals surface area contributed by atoms with Gasteiger partial charge in [-0.15, -0.1) is 0 Å². The second-order valence-electron chi connectivity index (χ2n) is 6.35. The van der Waals surface area contributed by atoms with Gasteiger partial charge in [0.05, 0.1) is 12.2 Å². The molecule has 1 aliphatic rings. The van der Waals surface area contributed by atoms with Crippen LogP contribution in [-0.4, -0.2) is 17.8 Å². The summed E-state index contributed by atoms with van der Waals surface area (Å²) in [5, 5.41) is 10.4. The zero-order valence-corrected chi connectivity index (χ0v) is 11.8. The van der Waals surface area contributed by atoms with Crippen molar-refractivity contribution in [2.75, 3.05) is 6.61 Å². The highest BCUT2D eigenvalue weighted by Crippen LogP contribution is 2.34. The summed E-state index contributed by atoms with van der Waals surface area (Å²) in [5.41, 5.74) is 2.47. The molecule has 0 aliphatic carbocycles. The van der Waals surface area contributed by atoms with Crippen LogP contribution in [0.25, 0.3) is 0 Å². The van der Waals surface area contributed by atoms with Crippen LogP contribution in [0.5, 0.6) is 0 Å². The Morgan fingerprint density at radius 2 is 1.83 bits per heavy atom.